The molecule has 1 aromatic heterocycles. The fourth-order valence-electron chi connectivity index (χ4n) is 1.33. The summed E-state index contributed by atoms with van der Waals surface area (Å²) in [5, 5.41) is 8.71. The fourth-order valence-corrected chi connectivity index (χ4v) is 3.82. The van der Waals surface area contributed by atoms with Gasteiger partial charge in [0.2, 0.25) is 0 Å². The van der Waals surface area contributed by atoms with Crippen LogP contribution in [0.4, 0.5) is 10.1 Å². The van der Waals surface area contributed by atoms with E-state index in [9.17, 15) is 17.6 Å². The van der Waals surface area contributed by atoms with Gasteiger partial charge in [-0.25, -0.2) is 22.6 Å². The van der Waals surface area contributed by atoms with Gasteiger partial charge in [0.05, 0.1) is 16.2 Å². The minimum atomic E-state index is -4.16. The van der Waals surface area contributed by atoms with Crippen molar-refractivity contribution < 1.29 is 22.7 Å². The molecule has 1 aromatic carbocycles. The maximum atomic E-state index is 12.9. The number of carboxylic acids is 1. The Balaban J connectivity index is 2.41. The molecule has 0 bridgehead atoms. The Morgan fingerprint density at radius 2 is 2.15 bits per heavy atom. The number of hydrogen-bond donors (Lipinski definition) is 2. The van der Waals surface area contributed by atoms with Gasteiger partial charge in [-0.05, 0) is 18.2 Å². The summed E-state index contributed by atoms with van der Waals surface area (Å²) >= 11 is 6.36. The molecule has 1 heterocycles. The second-order valence-electron chi connectivity index (χ2n) is 3.52. The van der Waals surface area contributed by atoms with Gasteiger partial charge in [0.15, 0.2) is 9.90 Å². The Bertz CT molecular complexity index is 775. The van der Waals surface area contributed by atoms with E-state index in [-0.39, 0.29) is 10.7 Å². The molecule has 0 unspecified atom stereocenters. The maximum Gasteiger partial charge on any atom is 0.356 e. The lowest BCUT2D eigenvalue weighted by atomic mass is 10.3. The molecule has 0 saturated heterocycles. The summed E-state index contributed by atoms with van der Waals surface area (Å²) < 4.78 is 38.7. The Kier molecular flexibility index (Phi) is 3.93. The number of anilines is 1. The van der Waals surface area contributed by atoms with Crippen LogP contribution in [0.1, 0.15) is 10.5 Å². The molecule has 0 aliphatic heterocycles. The number of aromatic nitrogens is 1. The van der Waals surface area contributed by atoms with Gasteiger partial charge in [-0.3, -0.25) is 4.72 Å². The number of benzene rings is 1. The van der Waals surface area contributed by atoms with E-state index in [0.29, 0.717) is 11.3 Å². The average molecular weight is 337 g/mol. The van der Waals surface area contributed by atoms with Crippen molar-refractivity contribution in [3.63, 3.8) is 0 Å². The van der Waals surface area contributed by atoms with E-state index in [1.165, 1.54) is 0 Å². The smallest absolute Gasteiger partial charge is 0.356 e. The fraction of sp³-hybridized carbons (Fsp3) is 0. The first-order valence-corrected chi connectivity index (χ1v) is 7.70. The van der Waals surface area contributed by atoms with Crippen molar-refractivity contribution in [3.8, 4) is 0 Å². The van der Waals surface area contributed by atoms with E-state index in [0.717, 1.165) is 23.7 Å². The molecule has 0 radical (unpaired) electrons. The summed E-state index contributed by atoms with van der Waals surface area (Å²) in [4.78, 5) is 14.3. The van der Waals surface area contributed by atoms with Crippen LogP contribution in [0, 0.1) is 5.82 Å². The van der Waals surface area contributed by atoms with Crippen molar-refractivity contribution in [1.29, 1.82) is 0 Å². The lowest BCUT2D eigenvalue weighted by Gasteiger charge is -2.08. The van der Waals surface area contributed by atoms with Gasteiger partial charge < -0.3 is 5.11 Å². The number of nitrogens with one attached hydrogen (secondary N) is 1. The number of thiazole rings is 1. The number of carbonyl (C=O) groups is 1. The van der Waals surface area contributed by atoms with E-state index in [1.807, 2.05) is 0 Å². The summed E-state index contributed by atoms with van der Waals surface area (Å²) in [7, 11) is -4.16. The average Bonchev–Trinajstić information content (AvgIpc) is 2.82. The van der Waals surface area contributed by atoms with E-state index in [1.54, 1.807) is 0 Å². The molecule has 20 heavy (non-hydrogen) atoms. The molecule has 0 saturated carbocycles. The van der Waals surface area contributed by atoms with Gasteiger partial charge >= 0.3 is 5.97 Å². The van der Waals surface area contributed by atoms with Gasteiger partial charge in [-0.2, -0.15) is 0 Å². The summed E-state index contributed by atoms with van der Waals surface area (Å²) in [5.74, 6) is -2.08. The van der Waals surface area contributed by atoms with Crippen LogP contribution < -0.4 is 4.72 Å². The number of aromatic carboxylic acids is 1. The van der Waals surface area contributed by atoms with Crippen molar-refractivity contribution in [3.05, 3.63) is 40.2 Å². The highest BCUT2D eigenvalue weighted by molar-refractivity contribution is 7.94. The first kappa shape index (κ1) is 14.7. The van der Waals surface area contributed by atoms with Gasteiger partial charge in [-0.15, -0.1) is 11.3 Å². The molecular weight excluding hydrogens is 331 g/mol. The van der Waals surface area contributed by atoms with Crippen LogP contribution in [0.25, 0.3) is 0 Å². The van der Waals surface area contributed by atoms with E-state index in [2.05, 4.69) is 9.71 Å². The van der Waals surface area contributed by atoms with Crippen LogP contribution >= 0.6 is 22.9 Å². The lowest BCUT2D eigenvalue weighted by molar-refractivity contribution is 0.0687. The third kappa shape index (κ3) is 2.89. The molecule has 6 nitrogen and oxygen atoms in total. The molecule has 0 atom stereocenters. The van der Waals surface area contributed by atoms with Crippen LogP contribution in [-0.2, 0) is 10.0 Å². The summed E-state index contributed by atoms with van der Waals surface area (Å²) in [6, 6.07) is 3.09. The highest BCUT2D eigenvalue weighted by Gasteiger charge is 2.26. The molecule has 2 rings (SSSR count). The Morgan fingerprint density at radius 3 is 2.75 bits per heavy atom. The molecule has 106 valence electrons. The van der Waals surface area contributed by atoms with Crippen LogP contribution in [0.5, 0.6) is 0 Å². The standard InChI is InChI=1S/C10H6ClFN2O4S2/c11-6-3-5(12)1-2-7(6)14-20(17,18)10-8(9(15)16)13-4-19-10/h1-4,14H,(H,15,16). The minimum Gasteiger partial charge on any atom is -0.476 e. The largest absolute Gasteiger partial charge is 0.476 e. The van der Waals surface area contributed by atoms with Crippen LogP contribution in [-0.4, -0.2) is 24.5 Å². The van der Waals surface area contributed by atoms with Crippen molar-refractivity contribution >= 4 is 44.6 Å². The molecule has 0 spiro atoms. The Labute approximate surface area is 121 Å². The van der Waals surface area contributed by atoms with Crippen molar-refractivity contribution in [2.75, 3.05) is 4.72 Å². The molecule has 2 N–H and O–H groups in total. The van der Waals surface area contributed by atoms with Crippen LogP contribution in [0.3, 0.4) is 0 Å². The quantitative estimate of drug-likeness (QED) is 0.893. The second-order valence-corrected chi connectivity index (χ2v) is 6.66. The molecule has 0 aliphatic rings. The van der Waals surface area contributed by atoms with Crippen molar-refractivity contribution in [2.24, 2.45) is 0 Å². The molecular formula is C10H6ClFN2O4S2. The number of halogens is 2. The lowest BCUT2D eigenvalue weighted by Crippen LogP contribution is -2.15. The highest BCUT2D eigenvalue weighted by Crippen LogP contribution is 2.27. The Morgan fingerprint density at radius 1 is 1.45 bits per heavy atom. The zero-order chi connectivity index (χ0) is 14.9. The first-order valence-electron chi connectivity index (χ1n) is 4.96. The highest BCUT2D eigenvalue weighted by atomic mass is 35.5. The SMILES string of the molecule is O=C(O)c1ncsc1S(=O)(=O)Nc1ccc(F)cc1Cl. The zero-order valence-electron chi connectivity index (χ0n) is 9.50. The number of nitrogens with zero attached hydrogens (tertiary/aromatic N) is 1. The first-order chi connectivity index (χ1) is 9.31. The molecule has 0 aliphatic carbocycles. The predicted molar refractivity (Wildman–Crippen MR) is 71.3 cm³/mol. The summed E-state index contributed by atoms with van der Waals surface area (Å²) in [5.41, 5.74) is 0.461. The van der Waals surface area contributed by atoms with Crippen molar-refractivity contribution in [2.45, 2.75) is 4.21 Å². The maximum absolute atomic E-state index is 12.9. The minimum absolute atomic E-state index is 0.0576. The zero-order valence-corrected chi connectivity index (χ0v) is 11.9. The normalized spacial score (nSPS) is 11.3. The van der Waals surface area contributed by atoms with Gasteiger partial charge in [0, 0.05) is 0 Å². The number of sulfonamides is 1. The third-order valence-corrected chi connectivity index (χ3v) is 5.21. The second kappa shape index (κ2) is 5.35. The van der Waals surface area contributed by atoms with E-state index < -0.39 is 31.7 Å². The van der Waals surface area contributed by atoms with Crippen molar-refractivity contribution in [1.82, 2.24) is 4.98 Å². The van der Waals surface area contributed by atoms with E-state index >= 15 is 0 Å². The van der Waals surface area contributed by atoms with Crippen LogP contribution in [0.2, 0.25) is 5.02 Å². The summed E-state index contributed by atoms with van der Waals surface area (Å²) in [6.07, 6.45) is 0. The monoisotopic (exact) mass is 336 g/mol. The molecule has 2 aromatic rings. The molecule has 0 fully saturated rings. The molecule has 10 heteroatoms. The topological polar surface area (TPSA) is 96.4 Å². The number of carboxylic acid groups (broad SMARTS) is 1. The van der Waals surface area contributed by atoms with Gasteiger partial charge in [0.25, 0.3) is 10.0 Å². The third-order valence-electron chi connectivity index (χ3n) is 2.16. The van der Waals surface area contributed by atoms with Crippen LogP contribution in [0.15, 0.2) is 27.9 Å². The summed E-state index contributed by atoms with van der Waals surface area (Å²) in [6.45, 7) is 0. The Hall–Kier alpha value is -1.71. The molecule has 0 amide bonds. The number of hydrogen-bond acceptors (Lipinski definition) is 5. The van der Waals surface area contributed by atoms with E-state index in [4.69, 9.17) is 16.7 Å². The number of rotatable bonds is 4. The van der Waals surface area contributed by atoms with Gasteiger partial charge in [0.1, 0.15) is 5.82 Å². The predicted octanol–water partition coefficient (Wildman–Crippen LogP) is 2.43. The van der Waals surface area contributed by atoms with Gasteiger partial charge in [-0.1, -0.05) is 11.6 Å².